The van der Waals surface area contributed by atoms with E-state index < -0.39 is 17.8 Å². The van der Waals surface area contributed by atoms with Gasteiger partial charge in [-0.2, -0.15) is 0 Å². The summed E-state index contributed by atoms with van der Waals surface area (Å²) >= 11 is 0. The van der Waals surface area contributed by atoms with Crippen LogP contribution >= 0.6 is 0 Å². The lowest BCUT2D eigenvalue weighted by Crippen LogP contribution is -2.33. The molecular weight excluding hydrogens is 304 g/mol. The lowest BCUT2D eigenvalue weighted by atomic mass is 9.79. The summed E-state index contributed by atoms with van der Waals surface area (Å²) < 4.78 is 5.31. The first kappa shape index (κ1) is 20.7. The minimum Gasteiger partial charge on any atom is -0.481 e. The van der Waals surface area contributed by atoms with Crippen LogP contribution in [0, 0.1) is 11.8 Å². The molecule has 0 spiro atoms. The normalized spacial score (nSPS) is 21.0. The van der Waals surface area contributed by atoms with Crippen molar-refractivity contribution in [1.29, 1.82) is 0 Å². The molecule has 4 heteroatoms. The number of unbranched alkanes of at least 4 members (excludes halogenated alkanes) is 6. The highest BCUT2D eigenvalue weighted by Gasteiger charge is 2.36. The highest BCUT2D eigenvalue weighted by Crippen LogP contribution is 2.31. The lowest BCUT2D eigenvalue weighted by molar-refractivity contribution is -0.159. The van der Waals surface area contributed by atoms with Crippen LogP contribution in [0.1, 0.15) is 84.0 Å². The molecule has 0 aromatic rings. The molecular formula is C20H34O4. The molecule has 0 heterocycles. The van der Waals surface area contributed by atoms with E-state index in [0.29, 0.717) is 19.4 Å². The molecule has 0 aromatic carbocycles. The quantitative estimate of drug-likeness (QED) is 0.305. The van der Waals surface area contributed by atoms with Gasteiger partial charge in [0, 0.05) is 0 Å². The number of carbonyl (C=O) groups is 2. The predicted molar refractivity (Wildman–Crippen MR) is 95.8 cm³/mol. The molecule has 1 fully saturated rings. The number of carboxylic acid groups (broad SMARTS) is 1. The number of carbonyl (C=O) groups excluding carboxylic acids is 1. The van der Waals surface area contributed by atoms with Crippen LogP contribution in [0.2, 0.25) is 0 Å². The molecule has 0 radical (unpaired) electrons. The van der Waals surface area contributed by atoms with Crippen molar-refractivity contribution in [3.8, 4) is 0 Å². The Kier molecular flexibility index (Phi) is 11.2. The first-order chi connectivity index (χ1) is 11.7. The van der Waals surface area contributed by atoms with Gasteiger partial charge in [-0.25, -0.2) is 0 Å². The van der Waals surface area contributed by atoms with Gasteiger partial charge in [0.25, 0.3) is 0 Å². The number of ether oxygens (including phenoxy) is 1. The summed E-state index contributed by atoms with van der Waals surface area (Å²) in [7, 11) is 0. The number of rotatable bonds is 12. The molecule has 0 aromatic heterocycles. The maximum Gasteiger partial charge on any atom is 0.309 e. The summed E-state index contributed by atoms with van der Waals surface area (Å²) in [5.41, 5.74) is 0. The predicted octanol–water partition coefficient (Wildman–Crippen LogP) is 5.12. The van der Waals surface area contributed by atoms with Crippen molar-refractivity contribution in [2.75, 3.05) is 6.61 Å². The fraction of sp³-hybridized carbons (Fsp3) is 0.800. The van der Waals surface area contributed by atoms with Crippen LogP contribution in [0.25, 0.3) is 0 Å². The third kappa shape index (κ3) is 8.51. The van der Waals surface area contributed by atoms with E-state index >= 15 is 0 Å². The number of hydrogen-bond donors (Lipinski definition) is 1. The monoisotopic (exact) mass is 338 g/mol. The van der Waals surface area contributed by atoms with Gasteiger partial charge in [0.1, 0.15) is 0 Å². The molecule has 1 aliphatic carbocycles. The van der Waals surface area contributed by atoms with Crippen molar-refractivity contribution in [3.63, 3.8) is 0 Å². The van der Waals surface area contributed by atoms with Crippen LogP contribution in [0.5, 0.6) is 0 Å². The van der Waals surface area contributed by atoms with Gasteiger partial charge in [0.2, 0.25) is 0 Å². The van der Waals surface area contributed by atoms with Crippen molar-refractivity contribution >= 4 is 11.9 Å². The van der Waals surface area contributed by atoms with Gasteiger partial charge in [0.15, 0.2) is 0 Å². The molecule has 1 rings (SSSR count). The second kappa shape index (κ2) is 13.0. The van der Waals surface area contributed by atoms with Gasteiger partial charge in [0.05, 0.1) is 18.4 Å². The standard InChI is InChI=1S/C20H34O4/c1-2-3-4-5-6-7-8-9-10-13-16-24-20(23)18-15-12-11-14-17(18)19(21)22/h7-8,17-18H,2-6,9-16H2,1H3,(H,21,22)/b8-7+. The maximum atomic E-state index is 12.1. The van der Waals surface area contributed by atoms with Crippen LogP contribution < -0.4 is 0 Å². The largest absolute Gasteiger partial charge is 0.481 e. The number of aliphatic carboxylic acids is 1. The Bertz CT molecular complexity index is 389. The third-order valence-corrected chi connectivity index (χ3v) is 4.79. The summed E-state index contributed by atoms with van der Waals surface area (Å²) in [6, 6.07) is 0. The Labute approximate surface area is 146 Å². The fourth-order valence-electron chi connectivity index (χ4n) is 3.28. The minimum atomic E-state index is -0.860. The van der Waals surface area contributed by atoms with Crippen LogP contribution in [-0.4, -0.2) is 23.7 Å². The summed E-state index contributed by atoms with van der Waals surface area (Å²) in [5.74, 6) is -2.17. The van der Waals surface area contributed by atoms with Gasteiger partial charge in [-0.3, -0.25) is 9.59 Å². The molecule has 24 heavy (non-hydrogen) atoms. The first-order valence-electron chi connectivity index (χ1n) is 9.71. The van der Waals surface area contributed by atoms with Gasteiger partial charge in [-0.05, 0) is 44.9 Å². The Morgan fingerprint density at radius 1 is 0.958 bits per heavy atom. The Hall–Kier alpha value is -1.32. The average Bonchev–Trinajstić information content (AvgIpc) is 2.59. The van der Waals surface area contributed by atoms with Crippen LogP contribution in [0.15, 0.2) is 12.2 Å². The van der Waals surface area contributed by atoms with Crippen molar-refractivity contribution in [1.82, 2.24) is 0 Å². The van der Waals surface area contributed by atoms with Crippen LogP contribution in [-0.2, 0) is 14.3 Å². The molecule has 138 valence electrons. The number of allylic oxidation sites excluding steroid dienone is 2. The maximum absolute atomic E-state index is 12.1. The molecule has 0 aliphatic heterocycles. The first-order valence-corrected chi connectivity index (χ1v) is 9.71. The zero-order chi connectivity index (χ0) is 17.6. The van der Waals surface area contributed by atoms with Crippen molar-refractivity contribution in [2.45, 2.75) is 84.0 Å². The topological polar surface area (TPSA) is 63.6 Å². The summed E-state index contributed by atoms with van der Waals surface area (Å²) in [6.07, 6.45) is 16.7. The Morgan fingerprint density at radius 2 is 1.58 bits per heavy atom. The second-order valence-electron chi connectivity index (χ2n) is 6.82. The zero-order valence-electron chi connectivity index (χ0n) is 15.2. The van der Waals surface area contributed by atoms with E-state index in [0.717, 1.165) is 38.5 Å². The van der Waals surface area contributed by atoms with Crippen molar-refractivity contribution in [3.05, 3.63) is 12.2 Å². The highest BCUT2D eigenvalue weighted by molar-refractivity contribution is 5.81. The summed E-state index contributed by atoms with van der Waals surface area (Å²) in [5, 5.41) is 9.20. The minimum absolute atomic E-state index is 0.312. The van der Waals surface area contributed by atoms with Crippen LogP contribution in [0.3, 0.4) is 0 Å². The van der Waals surface area contributed by atoms with Gasteiger partial charge in [-0.15, -0.1) is 0 Å². The number of carboxylic acids is 1. The van der Waals surface area contributed by atoms with Gasteiger partial charge < -0.3 is 9.84 Å². The van der Waals surface area contributed by atoms with E-state index in [1.165, 1.54) is 25.7 Å². The molecule has 1 aliphatic rings. The molecule has 0 amide bonds. The molecule has 1 N–H and O–H groups in total. The molecule has 4 nitrogen and oxygen atoms in total. The highest BCUT2D eigenvalue weighted by atomic mass is 16.5. The zero-order valence-corrected chi connectivity index (χ0v) is 15.2. The molecule has 2 atom stereocenters. The molecule has 1 saturated carbocycles. The lowest BCUT2D eigenvalue weighted by Gasteiger charge is -2.26. The second-order valence-corrected chi connectivity index (χ2v) is 6.82. The number of esters is 1. The summed E-state index contributed by atoms with van der Waals surface area (Å²) in [4.78, 5) is 23.3. The third-order valence-electron chi connectivity index (χ3n) is 4.79. The summed E-state index contributed by atoms with van der Waals surface area (Å²) in [6.45, 7) is 2.63. The Balaban J connectivity index is 2.06. The van der Waals surface area contributed by atoms with Gasteiger partial charge >= 0.3 is 11.9 Å². The fourth-order valence-corrected chi connectivity index (χ4v) is 3.28. The Morgan fingerprint density at radius 3 is 2.21 bits per heavy atom. The number of hydrogen-bond acceptors (Lipinski definition) is 3. The van der Waals surface area contributed by atoms with Crippen molar-refractivity contribution < 1.29 is 19.4 Å². The SMILES string of the molecule is CCCCCC/C=C/CCCCOC(=O)C1CCCCC1C(=O)O. The van der Waals surface area contributed by atoms with E-state index in [4.69, 9.17) is 4.74 Å². The van der Waals surface area contributed by atoms with Crippen LogP contribution in [0.4, 0.5) is 0 Å². The average molecular weight is 338 g/mol. The molecule has 2 unspecified atom stereocenters. The van der Waals surface area contributed by atoms with E-state index in [1.54, 1.807) is 0 Å². The van der Waals surface area contributed by atoms with E-state index in [2.05, 4.69) is 19.1 Å². The molecule has 0 saturated heterocycles. The van der Waals surface area contributed by atoms with Gasteiger partial charge in [-0.1, -0.05) is 51.2 Å². The van der Waals surface area contributed by atoms with E-state index in [1.807, 2.05) is 0 Å². The van der Waals surface area contributed by atoms with E-state index in [-0.39, 0.29) is 5.97 Å². The van der Waals surface area contributed by atoms with E-state index in [9.17, 15) is 14.7 Å². The van der Waals surface area contributed by atoms with Crippen molar-refractivity contribution in [2.24, 2.45) is 11.8 Å². The smallest absolute Gasteiger partial charge is 0.309 e. The molecule has 0 bridgehead atoms.